The number of rotatable bonds is 20. The maximum atomic E-state index is 13.6. The zero-order valence-corrected chi connectivity index (χ0v) is 59.4. The van der Waals surface area contributed by atoms with Crippen molar-refractivity contribution in [3.63, 3.8) is 0 Å². The van der Waals surface area contributed by atoms with Crippen LogP contribution in [0.4, 0.5) is 0 Å². The molecule has 0 radical (unpaired) electrons. The van der Waals surface area contributed by atoms with Gasteiger partial charge in [-0.2, -0.15) is 0 Å². The van der Waals surface area contributed by atoms with E-state index in [1.807, 2.05) is 20.8 Å². The Morgan fingerprint density at radius 1 is 0.588 bits per heavy atom. The van der Waals surface area contributed by atoms with Crippen molar-refractivity contribution in [2.75, 3.05) is 13.2 Å². The summed E-state index contributed by atoms with van der Waals surface area (Å²) >= 11 is 0. The number of aliphatic hydroxyl groups excluding tert-OH is 14. The molecule has 34 heteroatoms. The van der Waals surface area contributed by atoms with Gasteiger partial charge in [-0.3, -0.25) is 8.98 Å². The van der Waals surface area contributed by atoms with Crippen molar-refractivity contribution in [1.82, 2.24) is 0 Å². The second-order valence-electron chi connectivity index (χ2n) is 29.8. The van der Waals surface area contributed by atoms with E-state index in [0.717, 1.165) is 5.57 Å². The largest absolute Gasteiger partial charge is 1.00 e. The van der Waals surface area contributed by atoms with Gasteiger partial charge in [0.15, 0.2) is 37.7 Å². The van der Waals surface area contributed by atoms with Gasteiger partial charge in [0, 0.05) is 12.3 Å². The average Bonchev–Trinajstić information content (AvgIpc) is 1.68. The van der Waals surface area contributed by atoms with Crippen LogP contribution in [0.5, 0.6) is 0 Å². The minimum absolute atomic E-state index is 0. The van der Waals surface area contributed by atoms with Crippen molar-refractivity contribution in [1.29, 1.82) is 0 Å². The van der Waals surface area contributed by atoms with Crippen molar-refractivity contribution in [3.8, 4) is 0 Å². The molecule has 3 saturated carbocycles. The van der Waals surface area contributed by atoms with Crippen LogP contribution in [0.3, 0.4) is 0 Å². The zero-order valence-electron chi connectivity index (χ0n) is 56.6. The molecular formula is C63H103NaO32S. The average molecular weight is 1430 g/mol. The Morgan fingerprint density at radius 2 is 1.07 bits per heavy atom. The number of aliphatic hydroxyl groups is 15. The molecule has 6 heterocycles. The molecule has 10 aliphatic rings. The van der Waals surface area contributed by atoms with Crippen molar-refractivity contribution >= 4 is 16.2 Å². The van der Waals surface area contributed by atoms with Crippen LogP contribution >= 0.6 is 0 Å². The van der Waals surface area contributed by atoms with Gasteiger partial charge in [-0.1, -0.05) is 46.3 Å². The van der Waals surface area contributed by atoms with Crippen LogP contribution in [-0.2, 0) is 76.2 Å². The van der Waals surface area contributed by atoms with Crippen LogP contribution in [0.1, 0.15) is 121 Å². The molecule has 10 rings (SSSR count). The number of hydrogen-bond donors (Lipinski definition) is 15. The van der Waals surface area contributed by atoms with Gasteiger partial charge >= 0.3 is 29.6 Å². The van der Waals surface area contributed by atoms with Gasteiger partial charge in [0.1, 0.15) is 122 Å². The number of ether oxygens (including phenoxy) is 12. The second kappa shape index (κ2) is 31.3. The number of Topliss-reactive ketones (excluding diaryl/α,β-unsaturated/α-hetero) is 1. The van der Waals surface area contributed by atoms with E-state index < -0.39 is 236 Å². The fraction of sp³-hybridized carbons (Fsp3) is 0.952. The van der Waals surface area contributed by atoms with Crippen LogP contribution in [0.15, 0.2) is 11.6 Å². The molecule has 4 aliphatic carbocycles. The van der Waals surface area contributed by atoms with Gasteiger partial charge in [-0.25, -0.2) is 8.42 Å². The first-order valence-electron chi connectivity index (χ1n) is 33.7. The molecule has 9 fully saturated rings. The molecule has 0 spiro atoms. The molecule has 0 aromatic rings. The number of hydrogen-bond acceptors (Lipinski definition) is 32. The SMILES string of the molecule is CC1OC(OC2C(OC3C(O)C(C)OC(O[C@H]4CC5C(=CCC6(C)C5CCC6[C@@](C)(O)CC(=O)[C@@H](C)C(C)C)C5(C)CCC(OS(=O)(=O)[O-])C[C@H]45)C3O)OCC(OC3OC(CO)C(O)C(O)C3OC3OC(C)C(O)C(OC4OC(C)C(O)C(O)C4O)C3O)C2O)C(O)C(O)C1O.[Na+]. The number of carbonyl (C=O) groups excluding carboxylic acids is 1. The summed E-state index contributed by atoms with van der Waals surface area (Å²) in [5.41, 5.74) is -1.43. The Labute approximate surface area is 585 Å². The van der Waals surface area contributed by atoms with E-state index in [9.17, 15) is 94.4 Å². The predicted molar refractivity (Wildman–Crippen MR) is 320 cm³/mol. The van der Waals surface area contributed by atoms with Crippen molar-refractivity contribution in [2.45, 2.75) is 317 Å². The minimum atomic E-state index is -5.16. The molecule has 32 nitrogen and oxygen atoms in total. The summed E-state index contributed by atoms with van der Waals surface area (Å²) in [6.45, 7) is 15.6. The first-order valence-corrected chi connectivity index (χ1v) is 35.0. The fourth-order valence-corrected chi connectivity index (χ4v) is 17.7. The third-order valence-corrected chi connectivity index (χ3v) is 23.7. The summed E-state index contributed by atoms with van der Waals surface area (Å²) in [4.78, 5) is 13.6. The molecule has 15 N–H and O–H groups in total. The van der Waals surface area contributed by atoms with E-state index in [1.165, 1.54) is 27.7 Å². The first-order chi connectivity index (χ1) is 44.8. The molecule has 35 unspecified atom stereocenters. The summed E-state index contributed by atoms with van der Waals surface area (Å²) < 4.78 is 115. The Morgan fingerprint density at radius 3 is 1.60 bits per heavy atom. The zero-order chi connectivity index (χ0) is 70.5. The van der Waals surface area contributed by atoms with Crippen molar-refractivity contribution in [2.24, 2.45) is 46.3 Å². The van der Waals surface area contributed by atoms with Gasteiger partial charge in [0.05, 0.1) is 55.4 Å². The summed E-state index contributed by atoms with van der Waals surface area (Å²) in [7, 11) is -5.16. The molecule has 6 saturated heterocycles. The normalized spacial score (nSPS) is 51.4. The van der Waals surface area contributed by atoms with Crippen LogP contribution in [0.25, 0.3) is 0 Å². The van der Waals surface area contributed by atoms with Gasteiger partial charge in [0.25, 0.3) is 0 Å². The third-order valence-electron chi connectivity index (χ3n) is 23.2. The van der Waals surface area contributed by atoms with Crippen LogP contribution < -0.4 is 29.6 Å². The molecule has 97 heavy (non-hydrogen) atoms. The van der Waals surface area contributed by atoms with Crippen LogP contribution in [0.2, 0.25) is 0 Å². The second-order valence-corrected chi connectivity index (χ2v) is 30.8. The minimum Gasteiger partial charge on any atom is -0.726 e. The van der Waals surface area contributed by atoms with E-state index in [4.69, 9.17) is 61.0 Å². The molecule has 39 atom stereocenters. The van der Waals surface area contributed by atoms with Gasteiger partial charge < -0.3 is 138 Å². The molecule has 0 aromatic heterocycles. The Bertz CT molecular complexity index is 2780. The maximum absolute atomic E-state index is 13.6. The van der Waals surface area contributed by atoms with Gasteiger partial charge in [-0.05, 0) is 120 Å². The Kier molecular flexibility index (Phi) is 25.9. The van der Waals surface area contributed by atoms with Crippen molar-refractivity contribution < 1.29 is 185 Å². The van der Waals surface area contributed by atoms with E-state index in [2.05, 4.69) is 19.9 Å². The predicted octanol–water partition coefficient (Wildman–Crippen LogP) is -6.92. The fourth-order valence-electron chi connectivity index (χ4n) is 17.1. The molecule has 0 bridgehead atoms. The number of carbonyl (C=O) groups is 1. The summed E-state index contributed by atoms with van der Waals surface area (Å²) in [5, 5.41) is 170. The van der Waals surface area contributed by atoms with Crippen LogP contribution in [0, 0.1) is 46.3 Å². The molecular weight excluding hydrogens is 1320 g/mol. The number of ketones is 1. The molecule has 0 amide bonds. The molecule has 6 aliphatic heterocycles. The smallest absolute Gasteiger partial charge is 0.726 e. The number of fused-ring (bicyclic) bond motifs is 5. The van der Waals surface area contributed by atoms with Crippen LogP contribution in [-0.4, -0.2) is 305 Å². The van der Waals surface area contributed by atoms with Gasteiger partial charge in [-0.15, -0.1) is 0 Å². The molecule has 554 valence electrons. The topological polar surface area (TPSA) is 498 Å². The third kappa shape index (κ3) is 16.0. The summed E-state index contributed by atoms with van der Waals surface area (Å²) in [6, 6.07) is 0. The Balaban J connectivity index is 0.0000110. The maximum Gasteiger partial charge on any atom is 1.00 e. The summed E-state index contributed by atoms with van der Waals surface area (Å²) in [5.74, 6) is -1.30. The van der Waals surface area contributed by atoms with E-state index in [0.29, 0.717) is 25.7 Å². The summed E-state index contributed by atoms with van der Waals surface area (Å²) in [6.07, 6.45) is -47.6. The van der Waals surface area contributed by atoms with Gasteiger partial charge in [0.2, 0.25) is 10.4 Å². The molecule has 0 aromatic carbocycles. The quantitative estimate of drug-likeness (QED) is 0.0233. The Hall–Kier alpha value is -0.800. The standard InChI is InChI=1S/C63H104O32S.Na/c1-22(2)23(3)33(65)19-63(10,79)37-12-11-30-29-18-34(32-17-28(95-96(80,81)82)13-15-61(32,8)31(29)14-16-62(30,37)9)88-57-49(77)52(41(69)26(6)86-57)92-59-53(93-56-48(76)45(73)39(67)25(5)85-56)43(71)36(21-83-59)90-60-54(46(74)42(70)35(20-64)89-60)94-58-50(78)51(40(68)27(7)87-58)91-55-47(75)44(72)38(66)24(4)84-55;/h14,22-30,32,34-60,64,66-79H,11-13,15-21H2,1-10H3,(H,80,81,82);/q;+1/p-1/t23-,24?,25?,26?,27?,28?,29?,30?,32+,34-,35?,36?,37?,38?,39?,40?,41?,42?,43?,44?,45?,46?,47?,48?,49?,50?,51?,52?,53?,54?,55?,56?,57?,58?,59?,60?,61?,62?,63-;/m0./s1. The van der Waals surface area contributed by atoms with Crippen molar-refractivity contribution in [3.05, 3.63) is 11.6 Å². The van der Waals surface area contributed by atoms with E-state index in [-0.39, 0.29) is 90.6 Å². The van der Waals surface area contributed by atoms with E-state index in [1.54, 1.807) is 6.92 Å². The monoisotopic (exact) mass is 1430 g/mol. The van der Waals surface area contributed by atoms with E-state index >= 15 is 0 Å². The first kappa shape index (κ1) is 80.3. The number of allylic oxidation sites excluding steroid dienone is 2.